The molecule has 1 saturated heterocycles. The van der Waals surface area contributed by atoms with Crippen molar-refractivity contribution in [3.8, 4) is 16.9 Å². The van der Waals surface area contributed by atoms with E-state index in [1.165, 1.54) is 7.11 Å². The molecule has 1 atom stereocenters. The second kappa shape index (κ2) is 11.4. The third-order valence-electron chi connectivity index (χ3n) is 7.00. The molecule has 1 aliphatic heterocycles. The Morgan fingerprint density at radius 2 is 1.84 bits per heavy atom. The third kappa shape index (κ3) is 5.91. The molecule has 4 nitrogen and oxygen atoms in total. The van der Waals surface area contributed by atoms with E-state index in [0.717, 1.165) is 47.7 Å². The van der Waals surface area contributed by atoms with Crippen molar-refractivity contribution in [1.82, 2.24) is 4.90 Å². The number of benzene rings is 3. The highest BCUT2D eigenvalue weighted by Gasteiger charge is 2.37. The quantitative estimate of drug-likeness (QED) is 0.254. The van der Waals surface area contributed by atoms with E-state index in [9.17, 15) is 23.1 Å². The highest BCUT2D eigenvalue weighted by molar-refractivity contribution is 5.83. The number of carboxylic acids is 1. The van der Waals surface area contributed by atoms with Crippen molar-refractivity contribution in [1.29, 1.82) is 0 Å². The molecule has 3 aromatic rings. The van der Waals surface area contributed by atoms with Crippen LogP contribution in [0.15, 0.2) is 60.7 Å². The highest BCUT2D eigenvalue weighted by Crippen LogP contribution is 2.41. The second-order valence-electron chi connectivity index (χ2n) is 9.41. The largest absolute Gasteiger partial charge is 0.496 e. The molecule has 3 aromatic carbocycles. The van der Waals surface area contributed by atoms with Gasteiger partial charge in [0.15, 0.2) is 0 Å². The van der Waals surface area contributed by atoms with E-state index in [1.807, 2.05) is 36.4 Å². The van der Waals surface area contributed by atoms with Crippen LogP contribution in [0.1, 0.15) is 47.1 Å². The van der Waals surface area contributed by atoms with Gasteiger partial charge >= 0.3 is 12.1 Å². The van der Waals surface area contributed by atoms with Crippen molar-refractivity contribution >= 4 is 17.9 Å². The number of nitrogens with zero attached hydrogens (tertiary/aromatic N) is 1. The van der Waals surface area contributed by atoms with Gasteiger partial charge < -0.3 is 9.84 Å². The lowest BCUT2D eigenvalue weighted by Gasteiger charge is -2.33. The van der Waals surface area contributed by atoms with Crippen molar-refractivity contribution < 1.29 is 32.2 Å². The van der Waals surface area contributed by atoms with Crippen LogP contribution in [-0.2, 0) is 17.5 Å². The van der Waals surface area contributed by atoms with Gasteiger partial charge in [0.25, 0.3) is 0 Å². The van der Waals surface area contributed by atoms with Gasteiger partial charge in [0.2, 0.25) is 0 Å². The van der Waals surface area contributed by atoms with E-state index in [-0.39, 0.29) is 17.9 Å². The van der Waals surface area contributed by atoms with Gasteiger partial charge in [0.1, 0.15) is 17.6 Å². The van der Waals surface area contributed by atoms with Gasteiger partial charge in [-0.1, -0.05) is 55.0 Å². The summed E-state index contributed by atoms with van der Waals surface area (Å²) in [6, 6.07) is 15.9. The average molecular weight is 528 g/mol. The lowest BCUT2D eigenvalue weighted by molar-refractivity contribution is -0.145. The molecule has 1 aliphatic rings. The van der Waals surface area contributed by atoms with Crippen LogP contribution in [0.3, 0.4) is 0 Å². The van der Waals surface area contributed by atoms with Crippen LogP contribution in [0, 0.1) is 6.92 Å². The summed E-state index contributed by atoms with van der Waals surface area (Å²) in [5.74, 6) is -1.99. The minimum atomic E-state index is -4.84. The summed E-state index contributed by atoms with van der Waals surface area (Å²) in [6.07, 6.45) is -1.83. The third-order valence-corrected chi connectivity index (χ3v) is 7.00. The van der Waals surface area contributed by atoms with E-state index in [4.69, 9.17) is 4.74 Å². The molecule has 8 heteroatoms. The molecule has 0 aliphatic carbocycles. The molecule has 1 fully saturated rings. The Hall–Kier alpha value is -3.65. The monoisotopic (exact) mass is 527 g/mol. The molecular formula is C30H29F4NO3. The van der Waals surface area contributed by atoms with Crippen LogP contribution in [-0.4, -0.2) is 35.7 Å². The van der Waals surface area contributed by atoms with Gasteiger partial charge in [-0.3, -0.25) is 9.69 Å². The molecule has 1 N–H and O–H groups in total. The van der Waals surface area contributed by atoms with Gasteiger partial charge in [0.05, 0.1) is 12.7 Å². The van der Waals surface area contributed by atoms with Gasteiger partial charge in [0, 0.05) is 17.7 Å². The van der Waals surface area contributed by atoms with E-state index in [2.05, 4.69) is 0 Å². The average Bonchev–Trinajstić information content (AvgIpc) is 2.89. The molecule has 0 amide bonds. The van der Waals surface area contributed by atoms with Gasteiger partial charge in [-0.15, -0.1) is 0 Å². The Bertz CT molecular complexity index is 1340. The number of aliphatic carboxylic acids is 1. The molecule has 38 heavy (non-hydrogen) atoms. The zero-order valence-corrected chi connectivity index (χ0v) is 21.2. The highest BCUT2D eigenvalue weighted by atomic mass is 19.4. The lowest BCUT2D eigenvalue weighted by Crippen LogP contribution is -2.44. The molecule has 1 heterocycles. The number of halogens is 4. The molecule has 0 aromatic heterocycles. The summed E-state index contributed by atoms with van der Waals surface area (Å²) in [6.45, 7) is 2.19. The summed E-state index contributed by atoms with van der Waals surface area (Å²) in [7, 11) is 1.30. The first-order valence-electron chi connectivity index (χ1n) is 12.4. The minimum absolute atomic E-state index is 0.0485. The first-order chi connectivity index (χ1) is 18.1. The fourth-order valence-electron chi connectivity index (χ4n) is 5.00. The summed E-state index contributed by atoms with van der Waals surface area (Å²) < 4.78 is 63.5. The van der Waals surface area contributed by atoms with E-state index in [1.54, 1.807) is 24.0 Å². The molecule has 200 valence electrons. The topological polar surface area (TPSA) is 49.8 Å². The van der Waals surface area contributed by atoms with E-state index >= 15 is 4.39 Å². The van der Waals surface area contributed by atoms with E-state index < -0.39 is 35.1 Å². The van der Waals surface area contributed by atoms with Crippen molar-refractivity contribution in [3.05, 3.63) is 88.5 Å². The molecule has 4 rings (SSSR count). The van der Waals surface area contributed by atoms with Crippen LogP contribution < -0.4 is 4.74 Å². The predicted octanol–water partition coefficient (Wildman–Crippen LogP) is 7.60. The zero-order chi connectivity index (χ0) is 27.4. The minimum Gasteiger partial charge on any atom is -0.496 e. The van der Waals surface area contributed by atoms with Crippen molar-refractivity contribution in [3.63, 3.8) is 0 Å². The summed E-state index contributed by atoms with van der Waals surface area (Å²) >= 11 is 0. The summed E-state index contributed by atoms with van der Waals surface area (Å²) in [4.78, 5) is 13.3. The Morgan fingerprint density at radius 1 is 1.11 bits per heavy atom. The Labute approximate surface area is 219 Å². The Kier molecular flexibility index (Phi) is 8.21. The zero-order valence-electron chi connectivity index (χ0n) is 21.2. The van der Waals surface area contributed by atoms with Crippen LogP contribution in [0.25, 0.3) is 23.0 Å². The maximum absolute atomic E-state index is 15.6. The first kappa shape index (κ1) is 27.4. The van der Waals surface area contributed by atoms with Crippen LogP contribution in [0.5, 0.6) is 5.75 Å². The summed E-state index contributed by atoms with van der Waals surface area (Å²) in [5.41, 5.74) is 1.35. The van der Waals surface area contributed by atoms with Crippen LogP contribution in [0.4, 0.5) is 17.6 Å². The van der Waals surface area contributed by atoms with Crippen molar-refractivity contribution in [2.75, 3.05) is 13.7 Å². The van der Waals surface area contributed by atoms with Gasteiger partial charge in [-0.2, -0.15) is 13.2 Å². The van der Waals surface area contributed by atoms with E-state index in [0.29, 0.717) is 18.5 Å². The number of carbonyl (C=O) groups is 1. The SMILES string of the molecule is COc1cc(/C(F)=C/c2cccc(-c3ccccc3)c2C)c(C(F)(F)F)cc1CN1CCCC[C@H]1C(=O)O. The number of hydrogen-bond donors (Lipinski definition) is 1. The smallest absolute Gasteiger partial charge is 0.417 e. The number of methoxy groups -OCH3 is 1. The normalized spacial score (nSPS) is 16.9. The molecule has 0 saturated carbocycles. The fraction of sp³-hybridized carbons (Fsp3) is 0.300. The standard InChI is InChI=1S/C30H29F4NO3/c1-19-21(11-8-12-23(19)20-9-4-3-5-10-20)16-26(31)24-17-28(38-2)22(15-25(24)30(32,33)34)18-35-14-7-6-13-27(35)29(36)37/h3-5,8-12,15-17,27H,6-7,13-14,18H2,1-2H3,(H,36,37)/b26-16-/t27-/m0/s1. The number of piperidine rings is 1. The number of ether oxygens (including phenoxy) is 1. The number of likely N-dealkylation sites (tertiary alicyclic amines) is 1. The second-order valence-corrected chi connectivity index (χ2v) is 9.41. The summed E-state index contributed by atoms with van der Waals surface area (Å²) in [5, 5.41) is 9.56. The van der Waals surface area contributed by atoms with Crippen LogP contribution in [0.2, 0.25) is 0 Å². The molecule has 0 radical (unpaired) electrons. The number of hydrogen-bond acceptors (Lipinski definition) is 3. The maximum Gasteiger partial charge on any atom is 0.417 e. The van der Waals surface area contributed by atoms with Crippen molar-refractivity contribution in [2.45, 2.75) is 44.9 Å². The molecule has 0 spiro atoms. The molecule has 0 bridgehead atoms. The first-order valence-corrected chi connectivity index (χ1v) is 12.4. The number of alkyl halides is 3. The number of rotatable bonds is 7. The lowest BCUT2D eigenvalue weighted by atomic mass is 9.94. The van der Waals surface area contributed by atoms with Crippen molar-refractivity contribution in [2.24, 2.45) is 0 Å². The molecule has 0 unspecified atom stereocenters. The van der Waals surface area contributed by atoms with Crippen LogP contribution >= 0.6 is 0 Å². The predicted molar refractivity (Wildman–Crippen MR) is 139 cm³/mol. The molecular weight excluding hydrogens is 498 g/mol. The maximum atomic E-state index is 15.6. The Balaban J connectivity index is 1.76. The fourth-order valence-corrected chi connectivity index (χ4v) is 5.00. The number of carboxylic acid groups (broad SMARTS) is 1. The van der Waals surface area contributed by atoms with Gasteiger partial charge in [-0.05, 0) is 66.8 Å². The van der Waals surface area contributed by atoms with Gasteiger partial charge in [-0.25, -0.2) is 4.39 Å². The Morgan fingerprint density at radius 3 is 2.50 bits per heavy atom.